The Hall–Kier alpha value is -1.40. The van der Waals surface area contributed by atoms with Gasteiger partial charge in [0.1, 0.15) is 0 Å². The molecular formula is C19H32N4O2. The first-order chi connectivity index (χ1) is 12.2. The second kappa shape index (κ2) is 8.81. The summed E-state index contributed by atoms with van der Waals surface area (Å²) in [7, 11) is 0. The second-order valence-corrected chi connectivity index (χ2v) is 7.26. The van der Waals surface area contributed by atoms with Gasteiger partial charge in [-0.05, 0) is 39.0 Å². The third-order valence-corrected chi connectivity index (χ3v) is 5.54. The van der Waals surface area contributed by atoms with Gasteiger partial charge < -0.3 is 9.64 Å². The van der Waals surface area contributed by atoms with Crippen molar-refractivity contribution in [1.82, 2.24) is 19.6 Å². The number of nitrogens with zero attached hydrogens (tertiary/aromatic N) is 4. The predicted molar refractivity (Wildman–Crippen MR) is 97.8 cm³/mol. The molecule has 0 spiro atoms. The van der Waals surface area contributed by atoms with Crippen molar-refractivity contribution >= 4 is 5.91 Å². The molecule has 140 valence electrons. The van der Waals surface area contributed by atoms with Crippen LogP contribution in [0.15, 0.2) is 6.20 Å². The van der Waals surface area contributed by atoms with Crippen LogP contribution in [0.3, 0.4) is 0 Å². The molecule has 0 N–H and O–H groups in total. The van der Waals surface area contributed by atoms with Crippen molar-refractivity contribution < 1.29 is 9.53 Å². The van der Waals surface area contributed by atoms with Crippen LogP contribution in [0.2, 0.25) is 0 Å². The van der Waals surface area contributed by atoms with E-state index < -0.39 is 0 Å². The molecule has 0 radical (unpaired) electrons. The zero-order valence-corrected chi connectivity index (χ0v) is 15.7. The quantitative estimate of drug-likeness (QED) is 0.792. The van der Waals surface area contributed by atoms with Gasteiger partial charge in [0.25, 0.3) is 5.91 Å². The van der Waals surface area contributed by atoms with Crippen molar-refractivity contribution in [2.75, 3.05) is 39.4 Å². The number of aromatic nitrogens is 2. The zero-order valence-electron chi connectivity index (χ0n) is 15.7. The van der Waals surface area contributed by atoms with Crippen LogP contribution in [0.25, 0.3) is 0 Å². The minimum absolute atomic E-state index is 0.173. The lowest BCUT2D eigenvalue weighted by Crippen LogP contribution is -2.46. The number of hydrogen-bond acceptors (Lipinski definition) is 4. The molecule has 25 heavy (non-hydrogen) atoms. The highest BCUT2D eigenvalue weighted by molar-refractivity contribution is 5.95. The normalized spacial score (nSPS) is 22.3. The zero-order chi connectivity index (χ0) is 17.6. The van der Waals surface area contributed by atoms with Crippen molar-refractivity contribution in [3.63, 3.8) is 0 Å². The van der Waals surface area contributed by atoms with E-state index in [1.54, 1.807) is 6.20 Å². The molecule has 0 saturated carbocycles. The van der Waals surface area contributed by atoms with E-state index in [2.05, 4.69) is 21.8 Å². The molecule has 1 unspecified atom stereocenters. The summed E-state index contributed by atoms with van der Waals surface area (Å²) in [5, 5.41) is 4.41. The van der Waals surface area contributed by atoms with Gasteiger partial charge in [-0.15, -0.1) is 0 Å². The number of aryl methyl sites for hydroxylation is 1. The molecule has 2 aliphatic rings. The number of carbonyl (C=O) groups is 1. The Kier molecular flexibility index (Phi) is 6.48. The first-order valence-electron chi connectivity index (χ1n) is 9.84. The summed E-state index contributed by atoms with van der Waals surface area (Å²) < 4.78 is 7.39. The maximum absolute atomic E-state index is 13.1. The third-order valence-electron chi connectivity index (χ3n) is 5.54. The SMILES string of the molecule is CCCn1ncc(C(=O)N2CCCCC2CCN2CCOCC2)c1C. The van der Waals surface area contributed by atoms with Gasteiger partial charge >= 0.3 is 0 Å². The molecule has 6 nitrogen and oxygen atoms in total. The van der Waals surface area contributed by atoms with E-state index in [0.29, 0.717) is 6.04 Å². The highest BCUT2D eigenvalue weighted by Gasteiger charge is 2.29. The molecule has 0 bridgehead atoms. The standard InChI is InChI=1S/C19H32N4O2/c1-3-8-23-16(2)18(15-20-23)19(24)22-9-5-4-6-17(22)7-10-21-11-13-25-14-12-21/h15,17H,3-14H2,1-2H3. The summed E-state index contributed by atoms with van der Waals surface area (Å²) in [5.74, 6) is 0.173. The fourth-order valence-electron chi connectivity index (χ4n) is 3.97. The molecule has 3 heterocycles. The Bertz CT molecular complexity index is 566. The third kappa shape index (κ3) is 4.42. The van der Waals surface area contributed by atoms with E-state index in [-0.39, 0.29) is 5.91 Å². The van der Waals surface area contributed by atoms with Crippen LogP contribution in [0.1, 0.15) is 55.1 Å². The smallest absolute Gasteiger partial charge is 0.257 e. The number of likely N-dealkylation sites (tertiary alicyclic amines) is 1. The van der Waals surface area contributed by atoms with Gasteiger partial charge in [0.15, 0.2) is 0 Å². The summed E-state index contributed by atoms with van der Waals surface area (Å²) in [6, 6.07) is 0.359. The average molecular weight is 348 g/mol. The van der Waals surface area contributed by atoms with Crippen molar-refractivity contribution in [1.29, 1.82) is 0 Å². The van der Waals surface area contributed by atoms with Crippen molar-refractivity contribution in [3.05, 3.63) is 17.5 Å². The van der Waals surface area contributed by atoms with Crippen LogP contribution in [0, 0.1) is 6.92 Å². The number of piperidine rings is 1. The van der Waals surface area contributed by atoms with Crippen LogP contribution in [-0.4, -0.2) is 70.9 Å². The van der Waals surface area contributed by atoms with Gasteiger partial charge in [-0.1, -0.05) is 6.92 Å². The maximum atomic E-state index is 13.1. The van der Waals surface area contributed by atoms with Gasteiger partial charge in [0.05, 0.1) is 25.0 Å². The molecule has 1 atom stereocenters. The number of amides is 1. The minimum Gasteiger partial charge on any atom is -0.379 e. The van der Waals surface area contributed by atoms with Gasteiger partial charge in [0, 0.05) is 44.5 Å². The highest BCUT2D eigenvalue weighted by atomic mass is 16.5. The minimum atomic E-state index is 0.173. The molecule has 0 aromatic carbocycles. The average Bonchev–Trinajstić information content (AvgIpc) is 3.01. The molecule has 1 aromatic heterocycles. The summed E-state index contributed by atoms with van der Waals surface area (Å²) in [4.78, 5) is 17.7. The Labute approximate surface area is 151 Å². The molecule has 2 aliphatic heterocycles. The van der Waals surface area contributed by atoms with E-state index in [4.69, 9.17) is 4.74 Å². The number of rotatable bonds is 6. The fourth-order valence-corrected chi connectivity index (χ4v) is 3.97. The fraction of sp³-hybridized carbons (Fsp3) is 0.789. The van der Waals surface area contributed by atoms with Crippen molar-refractivity contribution in [2.24, 2.45) is 0 Å². The molecule has 2 fully saturated rings. The molecule has 3 rings (SSSR count). The Morgan fingerprint density at radius 1 is 1.24 bits per heavy atom. The van der Waals surface area contributed by atoms with E-state index in [1.165, 1.54) is 6.42 Å². The van der Waals surface area contributed by atoms with Crippen LogP contribution in [0.4, 0.5) is 0 Å². The maximum Gasteiger partial charge on any atom is 0.257 e. The predicted octanol–water partition coefficient (Wildman–Crippen LogP) is 2.32. The Balaban J connectivity index is 1.64. The lowest BCUT2D eigenvalue weighted by molar-refractivity contribution is 0.0295. The topological polar surface area (TPSA) is 50.6 Å². The first kappa shape index (κ1) is 18.4. The first-order valence-corrected chi connectivity index (χ1v) is 9.84. The highest BCUT2D eigenvalue weighted by Crippen LogP contribution is 2.23. The molecule has 1 amide bonds. The monoisotopic (exact) mass is 348 g/mol. The molecule has 6 heteroatoms. The van der Waals surface area contributed by atoms with E-state index in [9.17, 15) is 4.79 Å². The summed E-state index contributed by atoms with van der Waals surface area (Å²) >= 11 is 0. The Morgan fingerprint density at radius 2 is 2.04 bits per heavy atom. The number of ether oxygens (including phenoxy) is 1. The second-order valence-electron chi connectivity index (χ2n) is 7.26. The van der Waals surface area contributed by atoms with Crippen LogP contribution >= 0.6 is 0 Å². The summed E-state index contributed by atoms with van der Waals surface area (Å²) in [5.41, 5.74) is 1.79. The van der Waals surface area contributed by atoms with Crippen molar-refractivity contribution in [2.45, 2.75) is 58.5 Å². The van der Waals surface area contributed by atoms with E-state index in [1.807, 2.05) is 11.6 Å². The lowest BCUT2D eigenvalue weighted by Gasteiger charge is -2.37. The summed E-state index contributed by atoms with van der Waals surface area (Å²) in [6.45, 7) is 10.7. The molecule has 2 saturated heterocycles. The molecular weight excluding hydrogens is 316 g/mol. The van der Waals surface area contributed by atoms with Gasteiger partial charge in [0.2, 0.25) is 0 Å². The van der Waals surface area contributed by atoms with Crippen LogP contribution in [0.5, 0.6) is 0 Å². The Morgan fingerprint density at radius 3 is 2.80 bits per heavy atom. The van der Waals surface area contributed by atoms with E-state index >= 15 is 0 Å². The number of hydrogen-bond donors (Lipinski definition) is 0. The lowest BCUT2D eigenvalue weighted by atomic mass is 9.98. The molecule has 0 aliphatic carbocycles. The largest absolute Gasteiger partial charge is 0.379 e. The van der Waals surface area contributed by atoms with Gasteiger partial charge in [-0.3, -0.25) is 14.4 Å². The molecule has 1 aromatic rings. The van der Waals surface area contributed by atoms with Crippen molar-refractivity contribution in [3.8, 4) is 0 Å². The summed E-state index contributed by atoms with van der Waals surface area (Å²) in [6.07, 6.45) is 7.32. The van der Waals surface area contributed by atoms with Gasteiger partial charge in [-0.2, -0.15) is 5.10 Å². The van der Waals surface area contributed by atoms with Crippen LogP contribution < -0.4 is 0 Å². The number of carbonyl (C=O) groups excluding carboxylic acids is 1. The van der Waals surface area contributed by atoms with E-state index in [0.717, 1.165) is 82.9 Å². The van der Waals surface area contributed by atoms with Crippen LogP contribution in [-0.2, 0) is 11.3 Å². The van der Waals surface area contributed by atoms with Gasteiger partial charge in [-0.25, -0.2) is 0 Å². The number of morpholine rings is 1.